The number of allylic oxidation sites excluding steroid dienone is 8. The Bertz CT molecular complexity index is 3390. The van der Waals surface area contributed by atoms with Gasteiger partial charge >= 0.3 is 23.9 Å². The molecule has 4 aliphatic rings. The average Bonchev–Trinajstić information content (AvgIpc) is 1.69. The van der Waals surface area contributed by atoms with Gasteiger partial charge in [0.2, 0.25) is 0 Å². The fourth-order valence-corrected chi connectivity index (χ4v) is 22.2. The Morgan fingerprint density at radius 1 is 0.325 bits per heavy atom. The summed E-state index contributed by atoms with van der Waals surface area (Å²) < 4.78 is 13.4. The van der Waals surface area contributed by atoms with Crippen molar-refractivity contribution >= 4 is 40.5 Å². The van der Waals surface area contributed by atoms with Gasteiger partial charge in [-0.25, -0.2) is 0 Å². The first-order valence-electron chi connectivity index (χ1n) is 47.6. The number of rotatable bonds is 52. The van der Waals surface area contributed by atoms with Gasteiger partial charge in [0.25, 0.3) is 0 Å². The van der Waals surface area contributed by atoms with Crippen molar-refractivity contribution in [3.63, 3.8) is 0 Å². The molecule has 4 fully saturated rings. The number of carbonyl (C=O) groups is 4. The number of carboxylic acids is 4. The van der Waals surface area contributed by atoms with Crippen molar-refractivity contribution in [3.05, 3.63) is 192 Å². The Morgan fingerprint density at radius 3 is 0.883 bits per heavy atom. The highest BCUT2D eigenvalue weighted by atomic mass is 28.4. The lowest BCUT2D eigenvalue weighted by atomic mass is 9.81. The largest absolute Gasteiger partial charge is 0.481 e. The second kappa shape index (κ2) is 58.2. The van der Waals surface area contributed by atoms with Crippen molar-refractivity contribution in [1.29, 1.82) is 0 Å². The van der Waals surface area contributed by atoms with Crippen LogP contribution in [0.15, 0.2) is 170 Å². The number of aliphatic carboxylic acids is 4. The molecule has 0 saturated heterocycles. The van der Waals surface area contributed by atoms with E-state index in [4.69, 9.17) is 29.3 Å². The maximum atomic E-state index is 10.7. The van der Waals surface area contributed by atoms with Crippen LogP contribution in [0.25, 0.3) is 0 Å². The van der Waals surface area contributed by atoms with E-state index in [0.29, 0.717) is 102 Å². The van der Waals surface area contributed by atoms with Gasteiger partial charge in [0, 0.05) is 37.9 Å². The molecule has 0 aromatic heterocycles. The molecule has 12 nitrogen and oxygen atoms in total. The van der Waals surface area contributed by atoms with E-state index in [1.165, 1.54) is 119 Å². The maximum absolute atomic E-state index is 10.7. The van der Waals surface area contributed by atoms with E-state index in [2.05, 4.69) is 265 Å². The number of unbranched alkanes of at least 4 members (excludes halogenated alkanes) is 4. The van der Waals surface area contributed by atoms with Crippen molar-refractivity contribution in [1.82, 2.24) is 0 Å². The number of hydrogen-bond donors (Lipinski definition) is 6. The minimum atomic E-state index is -1.58. The van der Waals surface area contributed by atoms with Crippen LogP contribution in [0, 0.1) is 94.7 Å². The SMILES string of the molecule is C[C@@H](CCc1ccccc1)CC[C@@H]1[C@@H](C/C=C\CCCC(=O)O)[C@@H](C)C[C@H]1O.C[C@@H](CCc1ccccc1)CC[C@@H]1[C@@H](C/C=C\CCCC(=O)O)[C@@H](C)C[C@H]1O[Si](C)(C)C.C[C@@H](CCc1ccccc1)CC[C@@H]1[C@@H](C/C=C\CCCC(=O)O)[C@@H](O)C[C@H]1C.C[C@@H](CCc1ccccc1)CC[C@@H]1[C@@H](C/C=C\CCCC(=O)O)[C@@H](O[Si](C)(C)C)C[C@H]1C. The smallest absolute Gasteiger partial charge is 0.303 e. The summed E-state index contributed by atoms with van der Waals surface area (Å²) in [4.78, 5) is 42.5. The molecule has 8 rings (SSSR count). The molecule has 672 valence electrons. The molecule has 0 radical (unpaired) electrons. The fourth-order valence-electron chi connectivity index (χ4n) is 19.8. The molecule has 0 amide bonds. The number of benzene rings is 4. The Labute approximate surface area is 731 Å². The lowest BCUT2D eigenvalue weighted by Crippen LogP contribution is -2.35. The van der Waals surface area contributed by atoms with Crippen LogP contribution in [0.5, 0.6) is 0 Å². The third-order valence-electron chi connectivity index (χ3n) is 26.9. The van der Waals surface area contributed by atoms with Crippen molar-refractivity contribution in [2.45, 2.75) is 350 Å². The summed E-state index contributed by atoms with van der Waals surface area (Å²) in [5, 5.41) is 56.1. The topological polar surface area (TPSA) is 208 Å². The molecular formula is C106H168O12Si2. The van der Waals surface area contributed by atoms with E-state index in [0.717, 1.165) is 114 Å². The van der Waals surface area contributed by atoms with Gasteiger partial charge in [-0.3, -0.25) is 19.2 Å². The number of aliphatic hydroxyl groups excluding tert-OH is 2. The van der Waals surface area contributed by atoms with Crippen LogP contribution < -0.4 is 0 Å². The molecule has 0 spiro atoms. The number of hydrogen-bond acceptors (Lipinski definition) is 8. The van der Waals surface area contributed by atoms with E-state index in [-0.39, 0.29) is 37.9 Å². The third kappa shape index (κ3) is 44.5. The van der Waals surface area contributed by atoms with Gasteiger partial charge in [-0.05, 0) is 336 Å². The van der Waals surface area contributed by atoms with Crippen LogP contribution in [0.3, 0.4) is 0 Å². The number of aliphatic hydroxyl groups is 2. The highest BCUT2D eigenvalue weighted by Gasteiger charge is 2.45. The lowest BCUT2D eigenvalue weighted by molar-refractivity contribution is -0.138. The van der Waals surface area contributed by atoms with E-state index < -0.39 is 40.5 Å². The first kappa shape index (κ1) is 105. The first-order chi connectivity index (χ1) is 57.2. The van der Waals surface area contributed by atoms with Crippen LogP contribution in [-0.4, -0.2) is 95.6 Å². The van der Waals surface area contributed by atoms with E-state index in [1.807, 2.05) is 0 Å². The molecule has 14 heteroatoms. The molecule has 0 aliphatic heterocycles. The summed E-state index contributed by atoms with van der Waals surface area (Å²) in [6.45, 7) is 32.8. The highest BCUT2D eigenvalue weighted by molar-refractivity contribution is 6.70. The summed E-state index contributed by atoms with van der Waals surface area (Å²) in [6, 6.07) is 43.1. The van der Waals surface area contributed by atoms with Gasteiger partial charge in [-0.15, -0.1) is 0 Å². The molecule has 20 atom stereocenters. The molecule has 4 aromatic rings. The van der Waals surface area contributed by atoms with Crippen molar-refractivity contribution in [3.8, 4) is 0 Å². The Hall–Kier alpha value is -6.01. The normalized spacial score (nSPS) is 25.3. The molecule has 4 saturated carbocycles. The van der Waals surface area contributed by atoms with Gasteiger partial charge in [-0.1, -0.05) is 251 Å². The summed E-state index contributed by atoms with van der Waals surface area (Å²) in [5.74, 6) is 7.07. The number of aryl methyl sites for hydroxylation is 4. The van der Waals surface area contributed by atoms with Crippen molar-refractivity contribution in [2.24, 2.45) is 94.7 Å². The van der Waals surface area contributed by atoms with Crippen LogP contribution in [0.4, 0.5) is 0 Å². The van der Waals surface area contributed by atoms with Gasteiger partial charge in [-0.2, -0.15) is 0 Å². The quantitative estimate of drug-likeness (QED) is 0.0139. The van der Waals surface area contributed by atoms with Gasteiger partial charge in [0.1, 0.15) is 0 Å². The molecular weight excluding hydrogens is 1520 g/mol. The average molecular weight is 1690 g/mol. The Balaban J connectivity index is 0.000000285. The molecule has 4 aliphatic carbocycles. The van der Waals surface area contributed by atoms with Gasteiger partial charge in [0.15, 0.2) is 16.6 Å². The predicted octanol–water partition coefficient (Wildman–Crippen LogP) is 27.2. The van der Waals surface area contributed by atoms with Gasteiger partial charge < -0.3 is 39.5 Å². The highest BCUT2D eigenvalue weighted by Crippen LogP contribution is 2.48. The van der Waals surface area contributed by atoms with Crippen LogP contribution in [0.2, 0.25) is 39.3 Å². The number of carboxylic acid groups (broad SMARTS) is 4. The summed E-state index contributed by atoms with van der Waals surface area (Å²) in [6.07, 6.45) is 52.9. The molecule has 4 aromatic carbocycles. The van der Waals surface area contributed by atoms with E-state index >= 15 is 0 Å². The van der Waals surface area contributed by atoms with E-state index in [9.17, 15) is 29.4 Å². The summed E-state index contributed by atoms with van der Waals surface area (Å²) in [5.41, 5.74) is 5.72. The third-order valence-corrected chi connectivity index (χ3v) is 28.9. The zero-order valence-corrected chi connectivity index (χ0v) is 79.3. The monoisotopic (exact) mass is 1690 g/mol. The van der Waals surface area contributed by atoms with Crippen LogP contribution in [0.1, 0.15) is 283 Å². The standard InChI is InChI=1S/2C28H46O3Si.2C25H38O3/c1-22(17-19-24-13-9-8-10-14-24)18-20-25-23(2)21-27(31-32(3,4)5)26(25)15-11-6-7-12-16-28(29)30;1-22(17-19-24-13-9-8-10-14-24)18-20-26-25(15-11-6-7-12-16-28(29)30)23(2)21-27(26)31-32(3,4)5;1-19(14-16-21-10-6-5-7-11-21)15-17-22-20(2)18-24(26)23(22)12-8-3-4-9-13-25(27)28;1-19(14-16-21-10-6-5-7-11-21)15-17-23-22(20(2)18-24(23)26)12-8-3-4-9-13-25(27)28/h2*6,8-11,13-14,22-23,25-27H,7,12,15-21H2,1-5H3,(H,29,30);2*3,5-8,10-11,19-20,22-24,26H,4,9,12-18H2,1-2H3,(H,27,28)/b2*11-6-;2*8-3-/t22-,23+,25-,26+,27-;22-,23-,25-,26+,27+;19-,20+,22-,23+,24-;19-,20-,22-,23+,24+/m0000/s1. The molecule has 120 heavy (non-hydrogen) atoms. The molecule has 0 bridgehead atoms. The lowest BCUT2D eigenvalue weighted by Gasteiger charge is -2.31. The Kier molecular flexibility index (Phi) is 50.7. The first-order valence-corrected chi connectivity index (χ1v) is 54.4. The van der Waals surface area contributed by atoms with Gasteiger partial charge in [0.05, 0.1) is 12.2 Å². The molecule has 0 unspecified atom stereocenters. The predicted molar refractivity (Wildman–Crippen MR) is 505 cm³/mol. The zero-order valence-electron chi connectivity index (χ0n) is 77.3. The second-order valence-electron chi connectivity index (χ2n) is 39.6. The van der Waals surface area contributed by atoms with Crippen molar-refractivity contribution in [2.75, 3.05) is 0 Å². The summed E-state index contributed by atoms with van der Waals surface area (Å²) in [7, 11) is -3.15. The fraction of sp³-hybridized carbons (Fsp3) is 0.660. The van der Waals surface area contributed by atoms with Crippen molar-refractivity contribution < 1.29 is 58.7 Å². The second-order valence-corrected chi connectivity index (χ2v) is 48.6. The summed E-state index contributed by atoms with van der Waals surface area (Å²) >= 11 is 0. The minimum absolute atomic E-state index is 0.165. The van der Waals surface area contributed by atoms with E-state index in [1.54, 1.807) is 0 Å². The zero-order chi connectivity index (χ0) is 87.8. The minimum Gasteiger partial charge on any atom is -0.481 e. The molecule has 6 N–H and O–H groups in total. The van der Waals surface area contributed by atoms with Crippen LogP contribution >= 0.6 is 0 Å². The Morgan fingerprint density at radius 2 is 0.567 bits per heavy atom. The maximum Gasteiger partial charge on any atom is 0.303 e. The molecule has 0 heterocycles. The van der Waals surface area contributed by atoms with Crippen LogP contribution in [-0.2, 0) is 53.7 Å².